The first-order chi connectivity index (χ1) is 10.4. The molecule has 1 aromatic rings. The van der Waals surface area contributed by atoms with E-state index in [2.05, 4.69) is 10.8 Å². The normalized spacial score (nSPS) is 22.1. The van der Waals surface area contributed by atoms with E-state index in [4.69, 9.17) is 4.84 Å². The number of alkyl halides is 3. The molecule has 1 fully saturated rings. The largest absolute Gasteiger partial charge is 0.391 e. The van der Waals surface area contributed by atoms with Crippen molar-refractivity contribution in [2.45, 2.75) is 44.5 Å². The molecule has 0 bridgehead atoms. The summed E-state index contributed by atoms with van der Waals surface area (Å²) >= 11 is 0. The fraction of sp³-hybridized carbons (Fsp3) is 0.533. The third-order valence-corrected chi connectivity index (χ3v) is 3.72. The Morgan fingerprint density at radius 3 is 2.64 bits per heavy atom. The average molecular weight is 316 g/mol. The highest BCUT2D eigenvalue weighted by molar-refractivity contribution is 5.73. The van der Waals surface area contributed by atoms with Crippen molar-refractivity contribution in [3.8, 4) is 0 Å². The highest BCUT2D eigenvalue weighted by atomic mass is 19.4. The predicted octanol–water partition coefficient (Wildman–Crippen LogP) is 3.54. The Morgan fingerprint density at radius 2 is 1.95 bits per heavy atom. The number of nitrogens with one attached hydrogen (secondary N) is 2. The van der Waals surface area contributed by atoms with E-state index in [9.17, 15) is 18.0 Å². The van der Waals surface area contributed by atoms with Gasteiger partial charge in [-0.1, -0.05) is 36.8 Å². The number of hydrogen-bond acceptors (Lipinski definition) is 2. The minimum absolute atomic E-state index is 0.0738. The molecule has 0 heterocycles. The van der Waals surface area contributed by atoms with Gasteiger partial charge in [0.15, 0.2) is 0 Å². The van der Waals surface area contributed by atoms with Gasteiger partial charge in [0.05, 0.1) is 12.5 Å². The summed E-state index contributed by atoms with van der Waals surface area (Å²) in [6, 6.07) is 8.16. The van der Waals surface area contributed by atoms with E-state index in [1.165, 1.54) is 0 Å². The van der Waals surface area contributed by atoms with Crippen molar-refractivity contribution >= 4 is 6.03 Å². The molecule has 7 heteroatoms. The monoisotopic (exact) mass is 316 g/mol. The van der Waals surface area contributed by atoms with Crippen molar-refractivity contribution in [2.24, 2.45) is 5.92 Å². The number of rotatable bonds is 4. The standard InChI is InChI=1S/C15H19F3N2O2/c16-15(17,18)12-7-4-8-13(9-12)19-14(21)20-22-10-11-5-2-1-3-6-11/h1-3,5-6,12-13H,4,7-10H2,(H2,19,20,21). The first kappa shape index (κ1) is 16.6. The summed E-state index contributed by atoms with van der Waals surface area (Å²) in [7, 11) is 0. The van der Waals surface area contributed by atoms with Crippen molar-refractivity contribution < 1.29 is 22.8 Å². The second-order valence-corrected chi connectivity index (χ2v) is 5.45. The lowest BCUT2D eigenvalue weighted by Crippen LogP contribution is -2.45. The van der Waals surface area contributed by atoms with Crippen LogP contribution in [0.1, 0.15) is 31.2 Å². The maximum Gasteiger partial charge on any atom is 0.391 e. The number of carbonyl (C=O) groups excluding carboxylic acids is 1. The molecule has 2 atom stereocenters. The molecule has 2 unspecified atom stereocenters. The van der Waals surface area contributed by atoms with Crippen molar-refractivity contribution in [3.05, 3.63) is 35.9 Å². The summed E-state index contributed by atoms with van der Waals surface area (Å²) < 4.78 is 38.1. The molecule has 0 saturated heterocycles. The van der Waals surface area contributed by atoms with Gasteiger partial charge in [0.1, 0.15) is 0 Å². The molecule has 22 heavy (non-hydrogen) atoms. The summed E-state index contributed by atoms with van der Waals surface area (Å²) in [4.78, 5) is 16.7. The van der Waals surface area contributed by atoms with Crippen LogP contribution in [-0.4, -0.2) is 18.2 Å². The van der Waals surface area contributed by atoms with Crippen LogP contribution in [-0.2, 0) is 11.4 Å². The number of halogens is 3. The van der Waals surface area contributed by atoms with E-state index < -0.39 is 24.2 Å². The van der Waals surface area contributed by atoms with E-state index in [1.807, 2.05) is 30.3 Å². The SMILES string of the molecule is O=C(NOCc1ccccc1)NC1CCCC(C(F)(F)F)C1. The number of hydrogen-bond donors (Lipinski definition) is 2. The molecule has 1 aliphatic carbocycles. The molecule has 1 aliphatic rings. The van der Waals surface area contributed by atoms with Crippen LogP contribution in [0, 0.1) is 5.92 Å². The number of benzene rings is 1. The topological polar surface area (TPSA) is 50.4 Å². The number of amides is 2. The van der Waals surface area contributed by atoms with Gasteiger partial charge in [-0.15, -0.1) is 0 Å². The van der Waals surface area contributed by atoms with Gasteiger partial charge in [0.25, 0.3) is 0 Å². The third-order valence-electron chi connectivity index (χ3n) is 3.72. The number of urea groups is 1. The van der Waals surface area contributed by atoms with Gasteiger partial charge >= 0.3 is 12.2 Å². The van der Waals surface area contributed by atoms with Gasteiger partial charge in [0.2, 0.25) is 0 Å². The minimum atomic E-state index is -4.19. The lowest BCUT2D eigenvalue weighted by molar-refractivity contribution is -0.183. The quantitative estimate of drug-likeness (QED) is 0.835. The van der Waals surface area contributed by atoms with Crippen molar-refractivity contribution in [2.75, 3.05) is 0 Å². The van der Waals surface area contributed by atoms with Crippen LogP contribution in [0.4, 0.5) is 18.0 Å². The molecule has 4 nitrogen and oxygen atoms in total. The summed E-state index contributed by atoms with van der Waals surface area (Å²) in [6.45, 7) is 0.199. The molecule has 0 aromatic heterocycles. The molecule has 2 N–H and O–H groups in total. The summed E-state index contributed by atoms with van der Waals surface area (Å²) in [6.07, 6.45) is -3.12. The van der Waals surface area contributed by atoms with E-state index in [0.717, 1.165) is 5.56 Å². The first-order valence-corrected chi connectivity index (χ1v) is 7.24. The second kappa shape index (κ2) is 7.49. The molecule has 1 saturated carbocycles. The van der Waals surface area contributed by atoms with Crippen LogP contribution >= 0.6 is 0 Å². The molecule has 2 amide bonds. The zero-order chi connectivity index (χ0) is 16.0. The van der Waals surface area contributed by atoms with Crippen LogP contribution in [0.25, 0.3) is 0 Å². The number of carbonyl (C=O) groups is 1. The smallest absolute Gasteiger partial charge is 0.334 e. The van der Waals surface area contributed by atoms with Gasteiger partial charge in [-0.05, 0) is 24.8 Å². The zero-order valence-electron chi connectivity index (χ0n) is 12.0. The van der Waals surface area contributed by atoms with E-state index in [1.54, 1.807) is 0 Å². The van der Waals surface area contributed by atoms with Crippen LogP contribution < -0.4 is 10.8 Å². The van der Waals surface area contributed by atoms with Gasteiger partial charge in [-0.25, -0.2) is 10.3 Å². The summed E-state index contributed by atoms with van der Waals surface area (Å²) in [5.41, 5.74) is 3.09. The summed E-state index contributed by atoms with van der Waals surface area (Å²) in [5, 5.41) is 2.53. The Balaban J connectivity index is 1.70. The lowest BCUT2D eigenvalue weighted by atomic mass is 9.85. The maximum atomic E-state index is 12.7. The minimum Gasteiger partial charge on any atom is -0.334 e. The Kier molecular flexibility index (Phi) is 5.65. The molecular formula is C15H19F3N2O2. The fourth-order valence-electron chi connectivity index (χ4n) is 2.59. The molecule has 0 aliphatic heterocycles. The molecular weight excluding hydrogens is 297 g/mol. The fourth-order valence-corrected chi connectivity index (χ4v) is 2.59. The van der Waals surface area contributed by atoms with Crippen molar-refractivity contribution in [1.82, 2.24) is 10.8 Å². The Hall–Kier alpha value is -1.76. The Morgan fingerprint density at radius 1 is 1.23 bits per heavy atom. The number of hydroxylamine groups is 1. The summed E-state index contributed by atoms with van der Waals surface area (Å²) in [5.74, 6) is -1.34. The van der Waals surface area contributed by atoms with Crippen LogP contribution in [0.2, 0.25) is 0 Å². The van der Waals surface area contributed by atoms with Gasteiger partial charge in [0, 0.05) is 6.04 Å². The Labute approximate surface area is 127 Å². The van der Waals surface area contributed by atoms with Gasteiger partial charge in [-0.2, -0.15) is 13.2 Å². The lowest BCUT2D eigenvalue weighted by Gasteiger charge is -2.30. The van der Waals surface area contributed by atoms with Crippen LogP contribution in [0.3, 0.4) is 0 Å². The molecule has 122 valence electrons. The second-order valence-electron chi connectivity index (χ2n) is 5.45. The van der Waals surface area contributed by atoms with Crippen molar-refractivity contribution in [3.63, 3.8) is 0 Å². The van der Waals surface area contributed by atoms with Crippen molar-refractivity contribution in [1.29, 1.82) is 0 Å². The zero-order valence-corrected chi connectivity index (χ0v) is 12.0. The highest BCUT2D eigenvalue weighted by Crippen LogP contribution is 2.37. The van der Waals surface area contributed by atoms with E-state index in [0.29, 0.717) is 12.8 Å². The maximum absolute atomic E-state index is 12.7. The predicted molar refractivity (Wildman–Crippen MR) is 74.7 cm³/mol. The van der Waals surface area contributed by atoms with Gasteiger partial charge < -0.3 is 5.32 Å². The molecule has 0 radical (unpaired) electrons. The molecule has 1 aromatic carbocycles. The molecule has 0 spiro atoms. The highest BCUT2D eigenvalue weighted by Gasteiger charge is 2.42. The molecule has 2 rings (SSSR count). The Bertz CT molecular complexity index is 479. The van der Waals surface area contributed by atoms with Crippen LogP contribution in [0.15, 0.2) is 30.3 Å². The average Bonchev–Trinajstić information content (AvgIpc) is 2.48. The van der Waals surface area contributed by atoms with Crippen LogP contribution in [0.5, 0.6) is 0 Å². The van der Waals surface area contributed by atoms with E-state index >= 15 is 0 Å². The van der Waals surface area contributed by atoms with Gasteiger partial charge in [-0.3, -0.25) is 4.84 Å². The third kappa shape index (κ3) is 5.22. The first-order valence-electron chi connectivity index (χ1n) is 7.24. The van der Waals surface area contributed by atoms with E-state index in [-0.39, 0.29) is 19.4 Å².